The maximum atomic E-state index is 12.3. The largest absolute Gasteiger partial charge is 0.394 e. The molecule has 75 heavy (non-hydrogen) atoms. The van der Waals surface area contributed by atoms with Gasteiger partial charge in [0.15, 0.2) is 30.9 Å². The van der Waals surface area contributed by atoms with Crippen molar-refractivity contribution in [3.05, 3.63) is 11.6 Å². The second kappa shape index (κ2) is 20.4. The molecule has 6 saturated heterocycles. The van der Waals surface area contributed by atoms with Crippen molar-refractivity contribution in [3.8, 4) is 0 Å². The molecule has 22 heteroatoms. The number of allylic oxidation sites excluding steroid dienone is 1. The van der Waals surface area contributed by atoms with Gasteiger partial charge in [0.1, 0.15) is 85.5 Å². The molecule has 4 aliphatic carbocycles. The summed E-state index contributed by atoms with van der Waals surface area (Å²) in [6.45, 7) is 15.7. The minimum Gasteiger partial charge on any atom is -0.394 e. The number of hydrogen-bond acceptors (Lipinski definition) is 22. The first kappa shape index (κ1) is 57.1. The van der Waals surface area contributed by atoms with Gasteiger partial charge < -0.3 is 109 Å². The van der Waals surface area contributed by atoms with Crippen molar-refractivity contribution in [2.75, 3.05) is 26.4 Å². The molecular formula is C53H86O22. The maximum absolute atomic E-state index is 12.3. The topological polar surface area (TPSA) is 335 Å². The average molecular weight is 1080 g/mol. The zero-order chi connectivity index (χ0) is 54.3. The summed E-state index contributed by atoms with van der Waals surface area (Å²) >= 11 is 0. The lowest BCUT2D eigenvalue weighted by molar-refractivity contribution is -0.390. The zero-order valence-corrected chi connectivity index (χ0v) is 44.4. The Balaban J connectivity index is 0.886. The molecule has 0 radical (unpaired) electrons. The van der Waals surface area contributed by atoms with E-state index in [9.17, 15) is 61.3 Å². The fraction of sp³-hybridized carbons (Fsp3) is 0.962. The molecule has 0 unspecified atom stereocenters. The van der Waals surface area contributed by atoms with Crippen LogP contribution in [0.25, 0.3) is 0 Å². The van der Waals surface area contributed by atoms with Gasteiger partial charge in [0.25, 0.3) is 0 Å². The van der Waals surface area contributed by atoms with Crippen LogP contribution in [0.2, 0.25) is 0 Å². The third kappa shape index (κ3) is 9.16. The lowest BCUT2D eigenvalue weighted by atomic mass is 9.35. The fourth-order valence-corrected chi connectivity index (χ4v) is 17.1. The van der Waals surface area contributed by atoms with Gasteiger partial charge in [-0.3, -0.25) is 0 Å². The van der Waals surface area contributed by atoms with Gasteiger partial charge in [-0.05, 0) is 100 Å². The van der Waals surface area contributed by atoms with Crippen molar-refractivity contribution >= 4 is 0 Å². The number of fused-ring (bicyclic) bond motifs is 4. The van der Waals surface area contributed by atoms with E-state index in [2.05, 4.69) is 47.6 Å². The minimum atomic E-state index is -1.94. The molecule has 0 aromatic carbocycles. The van der Waals surface area contributed by atoms with E-state index in [-0.39, 0.29) is 46.7 Å². The van der Waals surface area contributed by atoms with Crippen molar-refractivity contribution in [2.45, 2.75) is 247 Å². The summed E-state index contributed by atoms with van der Waals surface area (Å²) < 4.78 is 62.8. The Morgan fingerprint density at radius 3 is 1.96 bits per heavy atom. The van der Waals surface area contributed by atoms with Crippen LogP contribution in [0.15, 0.2) is 11.6 Å². The summed E-state index contributed by atoms with van der Waals surface area (Å²) in [7, 11) is 0. The standard InChI is InChI=1S/C53H86O22/c1-22(2)15-24-16-51(8,65)43-25-9-10-30-49(6)13-12-31(48(4,5)29(49)11-14-50(30,7)52(25)20-53(43,75-24)68-21-52)72-47-42(74-45-39(63)35(59)32(56)23(3)69-45)41(26(55)18-66-47)73-46-40(64)37(61)34(58)28(71-46)19-67-44-38(62)36(60)33(57)27(17-54)70-44/h15,23-47,54-65H,9-14,16-21H2,1-8H3/t23-,24+,25+,26-,27+,28+,29+,30+,31-,32-,33+,34+,35+,36-,37-,38+,39+,40+,41-,42+,43-,44+,45-,46-,47-,49-,50+,51-,52-,53-/m0/s1. The van der Waals surface area contributed by atoms with E-state index in [1.807, 2.05) is 6.92 Å². The first-order valence-corrected chi connectivity index (χ1v) is 27.4. The van der Waals surface area contributed by atoms with E-state index in [1.165, 1.54) is 6.92 Å². The Hall–Kier alpha value is -1.14. The first-order valence-electron chi connectivity index (χ1n) is 27.4. The van der Waals surface area contributed by atoms with Gasteiger partial charge >= 0.3 is 0 Å². The molecule has 22 nitrogen and oxygen atoms in total. The van der Waals surface area contributed by atoms with Crippen molar-refractivity contribution in [2.24, 2.45) is 45.3 Å². The van der Waals surface area contributed by atoms with Crippen LogP contribution < -0.4 is 0 Å². The summed E-state index contributed by atoms with van der Waals surface area (Å²) in [5.41, 5.74) is -0.734. The first-order chi connectivity index (χ1) is 35.1. The summed E-state index contributed by atoms with van der Waals surface area (Å²) in [6.07, 6.45) is -22.8. The Morgan fingerprint density at radius 1 is 0.653 bits per heavy atom. The molecule has 4 saturated carbocycles. The lowest BCUT2D eigenvalue weighted by Gasteiger charge is -2.70. The molecule has 30 atom stereocenters. The van der Waals surface area contributed by atoms with Crippen LogP contribution in [0.1, 0.15) is 107 Å². The third-order valence-electron chi connectivity index (χ3n) is 20.8. The molecule has 10 rings (SSSR count). The molecule has 6 heterocycles. The molecule has 10 aliphatic rings. The Morgan fingerprint density at radius 2 is 1.28 bits per heavy atom. The molecule has 0 aromatic rings. The summed E-state index contributed by atoms with van der Waals surface area (Å²) in [6, 6.07) is 0. The van der Waals surface area contributed by atoms with Crippen molar-refractivity contribution < 1.29 is 109 Å². The van der Waals surface area contributed by atoms with Crippen LogP contribution in [0.3, 0.4) is 0 Å². The Labute approximate surface area is 438 Å². The highest BCUT2D eigenvalue weighted by molar-refractivity contribution is 5.27. The van der Waals surface area contributed by atoms with Crippen molar-refractivity contribution in [3.63, 3.8) is 0 Å². The second-order valence-corrected chi connectivity index (χ2v) is 25.8. The number of aliphatic hydroxyl groups excluding tert-OH is 11. The number of aliphatic hydroxyl groups is 12. The molecule has 0 aromatic heterocycles. The van der Waals surface area contributed by atoms with Gasteiger partial charge in [0.2, 0.25) is 0 Å². The van der Waals surface area contributed by atoms with Gasteiger partial charge in [-0.2, -0.15) is 0 Å². The van der Waals surface area contributed by atoms with Crippen molar-refractivity contribution in [1.29, 1.82) is 0 Å². The predicted octanol–water partition coefficient (Wildman–Crippen LogP) is -1.18. The molecule has 10 fully saturated rings. The van der Waals surface area contributed by atoms with E-state index in [0.29, 0.717) is 25.4 Å². The van der Waals surface area contributed by atoms with Gasteiger partial charge in [-0.1, -0.05) is 39.3 Å². The van der Waals surface area contributed by atoms with Crippen LogP contribution >= 0.6 is 0 Å². The number of hydrogen-bond donors (Lipinski definition) is 12. The molecule has 2 spiro atoms. The predicted molar refractivity (Wildman–Crippen MR) is 256 cm³/mol. The maximum Gasteiger partial charge on any atom is 0.187 e. The summed E-state index contributed by atoms with van der Waals surface area (Å²) in [4.78, 5) is 0. The van der Waals surface area contributed by atoms with Crippen LogP contribution in [-0.4, -0.2) is 228 Å². The van der Waals surface area contributed by atoms with Crippen LogP contribution in [0, 0.1) is 45.3 Å². The molecule has 430 valence electrons. The highest BCUT2D eigenvalue weighted by Gasteiger charge is 2.81. The monoisotopic (exact) mass is 1070 g/mol. The van der Waals surface area contributed by atoms with E-state index in [4.69, 9.17) is 47.4 Å². The van der Waals surface area contributed by atoms with Crippen molar-refractivity contribution in [1.82, 2.24) is 0 Å². The minimum absolute atomic E-state index is 0.111. The van der Waals surface area contributed by atoms with Gasteiger partial charge in [-0.15, -0.1) is 0 Å². The zero-order valence-electron chi connectivity index (χ0n) is 44.4. The number of ether oxygens (including phenoxy) is 10. The van der Waals surface area contributed by atoms with E-state index >= 15 is 0 Å². The van der Waals surface area contributed by atoms with E-state index in [1.54, 1.807) is 0 Å². The van der Waals surface area contributed by atoms with E-state index in [0.717, 1.165) is 44.1 Å². The average Bonchev–Trinajstić information content (AvgIpc) is 4.06. The molecular weight excluding hydrogens is 989 g/mol. The number of rotatable bonds is 11. The fourth-order valence-electron chi connectivity index (χ4n) is 17.1. The SMILES string of the molecule is CC(C)=C[C@@H]1C[C@](C)(O)[C@@H]2[C@H]3CC[C@@H]4[C@@]5(C)CC[C@H](O[C@@H]6OC[C@H](O)[C@H](O[C@@H]7O[C@H](CO[C@@H]8O[C@H](CO)[C@@H](O)[C@H](O)[C@H]8O)[C@@H](O)[C@H](O)[C@H]7O)[C@H]6O[C@@H]6O[C@@H](C)[C@H](O)[C@@H](O)[C@H]6O)C(C)(C)[C@H]5CC[C@@]4(C)[C@@]34CO[C@@]2(C4)O1. The smallest absolute Gasteiger partial charge is 0.187 e. The van der Waals surface area contributed by atoms with Crippen LogP contribution in [-0.2, 0) is 47.4 Å². The van der Waals surface area contributed by atoms with Crippen LogP contribution in [0.5, 0.6) is 0 Å². The molecule has 6 aliphatic heterocycles. The normalized spacial score (nSPS) is 57.3. The Bertz CT molecular complexity index is 2060. The summed E-state index contributed by atoms with van der Waals surface area (Å²) in [5, 5.41) is 131. The van der Waals surface area contributed by atoms with Gasteiger partial charge in [0, 0.05) is 24.2 Å². The Kier molecular flexibility index (Phi) is 15.5. The lowest BCUT2D eigenvalue weighted by Crippen LogP contribution is -2.68. The molecule has 0 amide bonds. The highest BCUT2D eigenvalue weighted by atomic mass is 16.8. The molecule has 2 bridgehead atoms. The quantitative estimate of drug-likeness (QED) is 0.0856. The third-order valence-corrected chi connectivity index (χ3v) is 20.8. The van der Waals surface area contributed by atoms with Gasteiger partial charge in [-0.25, -0.2) is 0 Å². The molecule has 12 N–H and O–H groups in total. The highest BCUT2D eigenvalue weighted by Crippen LogP contribution is 2.80. The van der Waals surface area contributed by atoms with Crippen LogP contribution in [0.4, 0.5) is 0 Å². The second-order valence-electron chi connectivity index (χ2n) is 25.8. The van der Waals surface area contributed by atoms with Gasteiger partial charge in [0.05, 0.1) is 50.3 Å². The van der Waals surface area contributed by atoms with E-state index < -0.39 is 153 Å². The summed E-state index contributed by atoms with van der Waals surface area (Å²) in [5.74, 6) is -0.246.